The van der Waals surface area contributed by atoms with Gasteiger partial charge in [0, 0.05) is 38.6 Å². The summed E-state index contributed by atoms with van der Waals surface area (Å²) in [5.41, 5.74) is 6.01. The molecule has 2 N–H and O–H groups in total. The zero-order chi connectivity index (χ0) is 10.8. The van der Waals surface area contributed by atoms with Crippen molar-refractivity contribution in [2.45, 2.75) is 25.9 Å². The lowest BCUT2D eigenvalue weighted by atomic mass is 9.97. The molecule has 2 rings (SSSR count). The van der Waals surface area contributed by atoms with E-state index in [-0.39, 0.29) is 0 Å². The van der Waals surface area contributed by atoms with Crippen molar-refractivity contribution in [3.05, 3.63) is 18.2 Å². The number of hydrogen-bond acceptors (Lipinski definition) is 3. The number of rotatable bonds is 2. The molecule has 0 aromatic carbocycles. The Balaban J connectivity index is 1.97. The number of hydrogen-bond donors (Lipinski definition) is 1. The summed E-state index contributed by atoms with van der Waals surface area (Å²) in [6.45, 7) is 5.32. The highest BCUT2D eigenvalue weighted by Gasteiger charge is 2.22. The second-order valence-corrected chi connectivity index (χ2v) is 4.75. The summed E-state index contributed by atoms with van der Waals surface area (Å²) in [5.74, 6) is 1.82. The highest BCUT2D eigenvalue weighted by Crippen LogP contribution is 2.16. The largest absolute Gasteiger partial charge is 0.337 e. The van der Waals surface area contributed by atoms with Crippen LogP contribution in [0, 0.1) is 5.92 Å². The van der Waals surface area contributed by atoms with Crippen LogP contribution in [0.15, 0.2) is 12.4 Å². The highest BCUT2D eigenvalue weighted by molar-refractivity contribution is 4.92. The van der Waals surface area contributed by atoms with Crippen molar-refractivity contribution < 1.29 is 0 Å². The van der Waals surface area contributed by atoms with Gasteiger partial charge in [-0.1, -0.05) is 6.92 Å². The molecule has 84 valence electrons. The third-order valence-corrected chi connectivity index (χ3v) is 3.05. The molecule has 4 heteroatoms. The van der Waals surface area contributed by atoms with Gasteiger partial charge < -0.3 is 10.3 Å². The van der Waals surface area contributed by atoms with Crippen LogP contribution in [0.2, 0.25) is 0 Å². The van der Waals surface area contributed by atoms with Crippen molar-refractivity contribution >= 4 is 0 Å². The summed E-state index contributed by atoms with van der Waals surface area (Å²) in [7, 11) is 2.04. The first-order valence-electron chi connectivity index (χ1n) is 5.59. The van der Waals surface area contributed by atoms with Crippen molar-refractivity contribution in [1.29, 1.82) is 0 Å². The minimum Gasteiger partial charge on any atom is -0.337 e. The number of likely N-dealkylation sites (tertiary alicyclic amines) is 1. The summed E-state index contributed by atoms with van der Waals surface area (Å²) in [6.07, 6.45) is 4.99. The number of aromatic nitrogens is 2. The van der Waals surface area contributed by atoms with E-state index in [9.17, 15) is 0 Å². The summed E-state index contributed by atoms with van der Waals surface area (Å²) >= 11 is 0. The Bertz CT molecular complexity index is 310. The van der Waals surface area contributed by atoms with Crippen LogP contribution in [0.3, 0.4) is 0 Å². The normalized spacial score (nSPS) is 28.2. The number of piperidine rings is 1. The second kappa shape index (κ2) is 4.33. The SMILES string of the molecule is CC1CC(N)CN(Cc2nccn2C)C1. The smallest absolute Gasteiger partial charge is 0.122 e. The lowest BCUT2D eigenvalue weighted by Gasteiger charge is -2.34. The molecule has 2 heterocycles. The van der Waals surface area contributed by atoms with Gasteiger partial charge in [-0.05, 0) is 12.3 Å². The van der Waals surface area contributed by atoms with Crippen LogP contribution in [-0.2, 0) is 13.6 Å². The summed E-state index contributed by atoms with van der Waals surface area (Å²) in [6, 6.07) is 0.328. The molecule has 0 radical (unpaired) electrons. The van der Waals surface area contributed by atoms with E-state index in [1.807, 2.05) is 19.4 Å². The van der Waals surface area contributed by atoms with Gasteiger partial charge in [0.05, 0.1) is 6.54 Å². The molecule has 0 saturated carbocycles. The van der Waals surface area contributed by atoms with Crippen LogP contribution in [-0.4, -0.2) is 33.6 Å². The van der Waals surface area contributed by atoms with E-state index < -0.39 is 0 Å². The number of aryl methyl sites for hydroxylation is 1. The van der Waals surface area contributed by atoms with Gasteiger partial charge >= 0.3 is 0 Å². The quantitative estimate of drug-likeness (QED) is 0.774. The molecule has 0 bridgehead atoms. The lowest BCUT2D eigenvalue weighted by molar-refractivity contribution is 0.154. The molecule has 4 nitrogen and oxygen atoms in total. The van der Waals surface area contributed by atoms with E-state index in [4.69, 9.17) is 5.73 Å². The van der Waals surface area contributed by atoms with Crippen LogP contribution in [0.1, 0.15) is 19.2 Å². The molecule has 2 atom stereocenters. The number of nitrogens with two attached hydrogens (primary N) is 1. The van der Waals surface area contributed by atoms with Crippen LogP contribution >= 0.6 is 0 Å². The van der Waals surface area contributed by atoms with Crippen molar-refractivity contribution in [2.24, 2.45) is 18.7 Å². The van der Waals surface area contributed by atoms with Gasteiger partial charge in [-0.25, -0.2) is 4.98 Å². The topological polar surface area (TPSA) is 47.1 Å². The second-order valence-electron chi connectivity index (χ2n) is 4.75. The number of imidazole rings is 1. The molecule has 1 aromatic heterocycles. The van der Waals surface area contributed by atoms with Crippen molar-refractivity contribution in [3.63, 3.8) is 0 Å². The van der Waals surface area contributed by atoms with E-state index in [0.29, 0.717) is 12.0 Å². The molecule has 1 fully saturated rings. The number of nitrogens with zero attached hydrogens (tertiary/aromatic N) is 3. The van der Waals surface area contributed by atoms with E-state index in [2.05, 4.69) is 21.4 Å². The van der Waals surface area contributed by atoms with Crippen LogP contribution in [0.5, 0.6) is 0 Å². The van der Waals surface area contributed by atoms with Gasteiger partial charge in [-0.3, -0.25) is 4.90 Å². The highest BCUT2D eigenvalue weighted by atomic mass is 15.2. The van der Waals surface area contributed by atoms with Crippen LogP contribution in [0.4, 0.5) is 0 Å². The van der Waals surface area contributed by atoms with Gasteiger partial charge in [-0.2, -0.15) is 0 Å². The van der Waals surface area contributed by atoms with Crippen LogP contribution in [0.25, 0.3) is 0 Å². The van der Waals surface area contributed by atoms with Crippen molar-refractivity contribution in [2.75, 3.05) is 13.1 Å². The molecule has 1 aromatic rings. The Labute approximate surface area is 91.1 Å². The molecule has 0 spiro atoms. The zero-order valence-electron chi connectivity index (χ0n) is 9.56. The lowest BCUT2D eigenvalue weighted by Crippen LogP contribution is -2.46. The molecule has 1 aliphatic rings. The Kier molecular flexibility index (Phi) is 3.07. The maximum atomic E-state index is 6.01. The van der Waals surface area contributed by atoms with E-state index in [1.165, 1.54) is 0 Å². The predicted octanol–water partition coefficient (Wildman–Crippen LogP) is 0.589. The standard InChI is InChI=1S/C11H20N4/c1-9-5-10(12)7-15(6-9)8-11-13-3-4-14(11)2/h3-4,9-10H,5-8,12H2,1-2H3. The van der Waals surface area contributed by atoms with E-state index in [1.54, 1.807) is 0 Å². The molecule has 0 amide bonds. The summed E-state index contributed by atoms with van der Waals surface area (Å²) in [5, 5.41) is 0. The summed E-state index contributed by atoms with van der Waals surface area (Å²) in [4.78, 5) is 6.74. The van der Waals surface area contributed by atoms with Crippen molar-refractivity contribution in [3.8, 4) is 0 Å². The molecule has 1 aliphatic heterocycles. The zero-order valence-corrected chi connectivity index (χ0v) is 9.56. The maximum absolute atomic E-state index is 6.01. The fourth-order valence-corrected chi connectivity index (χ4v) is 2.39. The fourth-order valence-electron chi connectivity index (χ4n) is 2.39. The van der Waals surface area contributed by atoms with Crippen molar-refractivity contribution in [1.82, 2.24) is 14.5 Å². The molecular formula is C11H20N4. The third kappa shape index (κ3) is 2.58. The van der Waals surface area contributed by atoms with E-state index in [0.717, 1.165) is 31.9 Å². The van der Waals surface area contributed by atoms with Gasteiger partial charge in [0.2, 0.25) is 0 Å². The average Bonchev–Trinajstić information content (AvgIpc) is 2.50. The molecule has 0 aliphatic carbocycles. The Morgan fingerprint density at radius 1 is 1.53 bits per heavy atom. The molecule has 15 heavy (non-hydrogen) atoms. The van der Waals surface area contributed by atoms with Crippen LogP contribution < -0.4 is 5.73 Å². The van der Waals surface area contributed by atoms with Gasteiger partial charge in [0.15, 0.2) is 0 Å². The Morgan fingerprint density at radius 2 is 2.33 bits per heavy atom. The predicted molar refractivity (Wildman–Crippen MR) is 60.2 cm³/mol. The Morgan fingerprint density at radius 3 is 2.93 bits per heavy atom. The van der Waals surface area contributed by atoms with Gasteiger partial charge in [0.1, 0.15) is 5.82 Å². The molecule has 1 saturated heterocycles. The summed E-state index contributed by atoms with van der Waals surface area (Å²) < 4.78 is 2.07. The van der Waals surface area contributed by atoms with E-state index >= 15 is 0 Å². The first kappa shape index (κ1) is 10.6. The fraction of sp³-hybridized carbons (Fsp3) is 0.727. The van der Waals surface area contributed by atoms with Gasteiger partial charge in [0.25, 0.3) is 0 Å². The first-order chi connectivity index (χ1) is 7.15. The minimum atomic E-state index is 0.328. The molecular weight excluding hydrogens is 188 g/mol. The Hall–Kier alpha value is -0.870. The maximum Gasteiger partial charge on any atom is 0.122 e. The molecule has 2 unspecified atom stereocenters. The minimum absolute atomic E-state index is 0.328. The third-order valence-electron chi connectivity index (χ3n) is 3.05. The first-order valence-corrected chi connectivity index (χ1v) is 5.59. The monoisotopic (exact) mass is 208 g/mol. The van der Waals surface area contributed by atoms with Gasteiger partial charge in [-0.15, -0.1) is 0 Å². The average molecular weight is 208 g/mol.